The maximum absolute atomic E-state index is 13.0. The van der Waals surface area contributed by atoms with Gasteiger partial charge >= 0.3 is 6.18 Å². The number of benzene rings is 1. The third kappa shape index (κ3) is 5.11. The number of halogens is 4. The van der Waals surface area contributed by atoms with Gasteiger partial charge in [-0.1, -0.05) is 11.9 Å². The van der Waals surface area contributed by atoms with Gasteiger partial charge in [0, 0.05) is 42.8 Å². The molecule has 0 aliphatic carbocycles. The summed E-state index contributed by atoms with van der Waals surface area (Å²) >= 11 is 7.88. The molecule has 0 spiro atoms. The van der Waals surface area contributed by atoms with Crippen molar-refractivity contribution in [2.24, 2.45) is 0 Å². The number of hydrogen-bond acceptors (Lipinski definition) is 7. The lowest BCUT2D eigenvalue weighted by Crippen LogP contribution is -2.22. The average Bonchev–Trinajstić information content (AvgIpc) is 3.08. The number of hydrogen-bond donors (Lipinski definition) is 2. The number of anilines is 2. The van der Waals surface area contributed by atoms with Crippen LogP contribution in [-0.4, -0.2) is 32.7 Å². The van der Waals surface area contributed by atoms with Crippen LogP contribution in [0.5, 0.6) is 0 Å². The fourth-order valence-corrected chi connectivity index (χ4v) is 4.99. The second kappa shape index (κ2) is 8.78. The van der Waals surface area contributed by atoms with Gasteiger partial charge < -0.3 is 15.8 Å². The molecule has 0 unspecified atom stereocenters. The van der Waals surface area contributed by atoms with E-state index in [-0.39, 0.29) is 17.5 Å². The zero-order valence-electron chi connectivity index (χ0n) is 16.0. The Hall–Kier alpha value is -1.75. The molecule has 3 heterocycles. The number of ether oxygens (including phenoxy) is 1. The van der Waals surface area contributed by atoms with Gasteiger partial charge in [-0.3, -0.25) is 0 Å². The molecule has 6 nitrogen and oxygen atoms in total. The van der Waals surface area contributed by atoms with E-state index in [4.69, 9.17) is 22.1 Å². The summed E-state index contributed by atoms with van der Waals surface area (Å²) in [5.74, 6) is 0.538. The second-order valence-corrected chi connectivity index (χ2v) is 9.03. The number of alkyl halides is 3. The molecule has 11 heteroatoms. The van der Waals surface area contributed by atoms with Crippen molar-refractivity contribution in [3.8, 4) is 0 Å². The van der Waals surface area contributed by atoms with E-state index in [1.54, 1.807) is 11.9 Å². The van der Waals surface area contributed by atoms with E-state index in [0.29, 0.717) is 29.7 Å². The predicted molar refractivity (Wildman–Crippen MR) is 111 cm³/mol. The lowest BCUT2D eigenvalue weighted by atomic mass is 10.1. The number of nitrogens with two attached hydrogens (primary N) is 1. The van der Waals surface area contributed by atoms with Crippen LogP contribution in [0.25, 0.3) is 0 Å². The first-order chi connectivity index (χ1) is 14.3. The van der Waals surface area contributed by atoms with Crippen LogP contribution in [0, 0.1) is 0 Å². The Morgan fingerprint density at radius 3 is 2.70 bits per heavy atom. The van der Waals surface area contributed by atoms with Crippen LogP contribution in [0.3, 0.4) is 0 Å². The van der Waals surface area contributed by atoms with Gasteiger partial charge in [0.25, 0.3) is 0 Å². The summed E-state index contributed by atoms with van der Waals surface area (Å²) in [5.41, 5.74) is 7.11. The molecule has 0 amide bonds. The van der Waals surface area contributed by atoms with Gasteiger partial charge in [0.1, 0.15) is 5.82 Å². The number of nitrogens with one attached hydrogen (secondary N) is 1. The van der Waals surface area contributed by atoms with Crippen molar-refractivity contribution >= 4 is 35.1 Å². The van der Waals surface area contributed by atoms with Crippen molar-refractivity contribution in [2.45, 2.75) is 43.9 Å². The standard InChI is InChI=1S/C19H21ClF3N5OS/c20-18-26-16-10-28(30-14-1-3-29-4-2-14)9-15(16)17(27-18)25-8-11-5-12(19(21,22)23)7-13(24)6-11/h5-7,14H,1-4,8-10,24H2,(H,25,26,27). The fourth-order valence-electron chi connectivity index (χ4n) is 3.58. The quantitative estimate of drug-likeness (QED) is 0.387. The van der Waals surface area contributed by atoms with Crippen LogP contribution in [0.4, 0.5) is 24.7 Å². The van der Waals surface area contributed by atoms with Crippen molar-refractivity contribution in [1.29, 1.82) is 0 Å². The summed E-state index contributed by atoms with van der Waals surface area (Å²) in [4.78, 5) is 8.61. The first-order valence-electron chi connectivity index (χ1n) is 9.53. The van der Waals surface area contributed by atoms with E-state index < -0.39 is 11.7 Å². The molecule has 162 valence electrons. The van der Waals surface area contributed by atoms with Gasteiger partial charge in [-0.05, 0) is 48.2 Å². The minimum Gasteiger partial charge on any atom is -0.399 e. The third-order valence-electron chi connectivity index (χ3n) is 4.99. The second-order valence-electron chi connectivity index (χ2n) is 7.30. The summed E-state index contributed by atoms with van der Waals surface area (Å²) < 4.78 is 46.8. The number of nitrogen functional groups attached to an aromatic ring is 1. The summed E-state index contributed by atoms with van der Waals surface area (Å²) in [5, 5.41) is 3.73. The summed E-state index contributed by atoms with van der Waals surface area (Å²) in [6.45, 7) is 2.97. The minimum atomic E-state index is -4.45. The first-order valence-corrected chi connectivity index (χ1v) is 10.7. The van der Waals surface area contributed by atoms with Gasteiger partial charge in [0.15, 0.2) is 0 Å². The van der Waals surface area contributed by atoms with Crippen molar-refractivity contribution in [2.75, 3.05) is 24.3 Å². The van der Waals surface area contributed by atoms with Crippen molar-refractivity contribution < 1.29 is 17.9 Å². The highest BCUT2D eigenvalue weighted by Gasteiger charge is 2.31. The maximum atomic E-state index is 13.0. The predicted octanol–water partition coefficient (Wildman–Crippen LogP) is 4.49. The van der Waals surface area contributed by atoms with Crippen molar-refractivity contribution in [3.63, 3.8) is 0 Å². The Labute approximate surface area is 181 Å². The van der Waals surface area contributed by atoms with Crippen LogP contribution < -0.4 is 11.1 Å². The van der Waals surface area contributed by atoms with Crippen LogP contribution in [0.1, 0.15) is 35.2 Å². The molecule has 1 saturated heterocycles. The molecule has 0 radical (unpaired) electrons. The number of rotatable bonds is 5. The highest BCUT2D eigenvalue weighted by molar-refractivity contribution is 7.97. The molecule has 3 N–H and O–H groups in total. The largest absolute Gasteiger partial charge is 0.416 e. The molecule has 1 fully saturated rings. The molecular weight excluding hydrogens is 439 g/mol. The maximum Gasteiger partial charge on any atom is 0.416 e. The monoisotopic (exact) mass is 459 g/mol. The molecule has 4 rings (SSSR count). The zero-order chi connectivity index (χ0) is 21.3. The smallest absolute Gasteiger partial charge is 0.399 e. The van der Waals surface area contributed by atoms with Gasteiger partial charge in [0.05, 0.1) is 17.8 Å². The van der Waals surface area contributed by atoms with E-state index in [2.05, 4.69) is 19.6 Å². The lowest BCUT2D eigenvalue weighted by molar-refractivity contribution is -0.137. The first kappa shape index (κ1) is 21.5. The van der Waals surface area contributed by atoms with Crippen molar-refractivity contribution in [3.05, 3.63) is 45.9 Å². The minimum absolute atomic E-state index is 0.0617. The van der Waals surface area contributed by atoms with Crippen LogP contribution in [0.15, 0.2) is 18.2 Å². The molecule has 1 aromatic heterocycles. The van der Waals surface area contributed by atoms with Crippen molar-refractivity contribution in [1.82, 2.24) is 14.3 Å². The number of fused-ring (bicyclic) bond motifs is 1. The Bertz CT molecular complexity index is 924. The van der Waals surface area contributed by atoms with E-state index in [1.807, 2.05) is 0 Å². The summed E-state index contributed by atoms with van der Waals surface area (Å²) in [7, 11) is 0. The van der Waals surface area contributed by atoms with Gasteiger partial charge in [-0.2, -0.15) is 13.2 Å². The number of aromatic nitrogens is 2. The number of nitrogens with zero attached hydrogens (tertiary/aromatic N) is 3. The topological polar surface area (TPSA) is 76.3 Å². The summed E-state index contributed by atoms with van der Waals surface area (Å²) in [6, 6.07) is 3.52. The van der Waals surface area contributed by atoms with E-state index in [1.165, 1.54) is 6.07 Å². The third-order valence-corrected chi connectivity index (χ3v) is 6.49. The Kier molecular flexibility index (Phi) is 6.29. The van der Waals surface area contributed by atoms with Crippen LogP contribution in [0.2, 0.25) is 5.28 Å². The molecule has 30 heavy (non-hydrogen) atoms. The molecule has 0 saturated carbocycles. The molecule has 2 aliphatic heterocycles. The molecule has 2 aliphatic rings. The molecule has 2 aromatic rings. The highest BCUT2D eigenvalue weighted by Crippen LogP contribution is 2.36. The van der Waals surface area contributed by atoms with Crippen LogP contribution >= 0.6 is 23.5 Å². The molecule has 0 atom stereocenters. The molecule has 1 aromatic carbocycles. The van der Waals surface area contributed by atoms with E-state index in [9.17, 15) is 13.2 Å². The Morgan fingerprint density at radius 1 is 1.20 bits per heavy atom. The highest BCUT2D eigenvalue weighted by atomic mass is 35.5. The summed E-state index contributed by atoms with van der Waals surface area (Å²) in [6.07, 6.45) is -2.44. The normalized spacial score (nSPS) is 17.9. The zero-order valence-corrected chi connectivity index (χ0v) is 17.6. The SMILES string of the molecule is Nc1cc(CNc2nc(Cl)nc3c2CN(SC2CCOCC2)C3)cc(C(F)(F)F)c1. The Morgan fingerprint density at radius 2 is 1.97 bits per heavy atom. The molecular formula is C19H21ClF3N5OS. The molecule has 0 bridgehead atoms. The van der Waals surface area contributed by atoms with Gasteiger partial charge in [0.2, 0.25) is 5.28 Å². The van der Waals surface area contributed by atoms with E-state index >= 15 is 0 Å². The average molecular weight is 460 g/mol. The Balaban J connectivity index is 1.47. The van der Waals surface area contributed by atoms with E-state index in [0.717, 1.165) is 49.4 Å². The van der Waals surface area contributed by atoms with Crippen LogP contribution in [-0.2, 0) is 30.5 Å². The lowest BCUT2D eigenvalue weighted by Gasteiger charge is -2.25. The van der Waals surface area contributed by atoms with Gasteiger partial charge in [-0.15, -0.1) is 0 Å². The fraction of sp³-hybridized carbons (Fsp3) is 0.474. The van der Waals surface area contributed by atoms with Gasteiger partial charge in [-0.25, -0.2) is 14.3 Å².